The molecule has 3 aromatic rings. The van der Waals surface area contributed by atoms with Crippen LogP contribution in [0.5, 0.6) is 17.4 Å². The van der Waals surface area contributed by atoms with Gasteiger partial charge < -0.3 is 14.2 Å². The Morgan fingerprint density at radius 2 is 2.03 bits per heavy atom. The second-order valence-electron chi connectivity index (χ2n) is 6.81. The molecule has 31 heavy (non-hydrogen) atoms. The maximum atomic E-state index is 12.9. The van der Waals surface area contributed by atoms with Crippen LogP contribution >= 0.6 is 27.7 Å². The maximum Gasteiger partial charge on any atom is 0.247 e. The van der Waals surface area contributed by atoms with E-state index in [0.717, 1.165) is 15.8 Å². The second-order valence-corrected chi connectivity index (χ2v) is 8.96. The minimum Gasteiger partial charge on any atom is -0.454 e. The Morgan fingerprint density at radius 3 is 2.84 bits per heavy atom. The molecule has 2 aliphatic rings. The van der Waals surface area contributed by atoms with Gasteiger partial charge in [0.2, 0.25) is 30.0 Å². The van der Waals surface area contributed by atoms with Crippen LogP contribution in [-0.2, 0) is 4.79 Å². The zero-order chi connectivity index (χ0) is 21.5. The van der Waals surface area contributed by atoms with Crippen molar-refractivity contribution in [1.29, 1.82) is 0 Å². The predicted molar refractivity (Wildman–Crippen MR) is 118 cm³/mol. The van der Waals surface area contributed by atoms with Crippen LogP contribution in [-0.4, -0.2) is 33.6 Å². The van der Waals surface area contributed by atoms with E-state index < -0.39 is 6.23 Å². The molecule has 1 atom stereocenters. The van der Waals surface area contributed by atoms with E-state index >= 15 is 0 Å². The maximum absolute atomic E-state index is 12.9. The molecule has 3 heterocycles. The highest BCUT2D eigenvalue weighted by Gasteiger charge is 2.35. The molecule has 0 N–H and O–H groups in total. The molecule has 0 unspecified atom stereocenters. The van der Waals surface area contributed by atoms with Crippen LogP contribution in [0.15, 0.2) is 46.0 Å². The van der Waals surface area contributed by atoms with Gasteiger partial charge >= 0.3 is 0 Å². The lowest BCUT2D eigenvalue weighted by Gasteiger charge is -2.30. The third kappa shape index (κ3) is 3.59. The normalized spacial score (nSPS) is 16.2. The van der Waals surface area contributed by atoms with Crippen LogP contribution in [0.25, 0.3) is 11.3 Å². The predicted octanol–water partition coefficient (Wildman–Crippen LogP) is 4.59. The summed E-state index contributed by atoms with van der Waals surface area (Å²) in [6, 6.07) is 11.1. The van der Waals surface area contributed by atoms with E-state index in [1.165, 1.54) is 18.7 Å². The van der Waals surface area contributed by atoms with Crippen LogP contribution in [0.1, 0.15) is 25.6 Å². The number of carbonyl (C=O) groups is 1. The number of benzene rings is 2. The number of thioether (sulfide) groups is 1. The Labute approximate surface area is 191 Å². The monoisotopic (exact) mass is 500 g/mol. The lowest BCUT2D eigenvalue weighted by Crippen LogP contribution is -2.36. The number of aromatic nitrogens is 3. The summed E-state index contributed by atoms with van der Waals surface area (Å²) >= 11 is 4.98. The Hall–Kier alpha value is -2.85. The number of hydrogen-bond acceptors (Lipinski definition) is 8. The fraction of sp³-hybridized carbons (Fsp3) is 0.238. The van der Waals surface area contributed by atoms with Crippen molar-refractivity contribution < 1.29 is 19.0 Å². The number of amides is 1. The number of hydrogen-bond donors (Lipinski definition) is 0. The zero-order valence-electron chi connectivity index (χ0n) is 16.7. The molecule has 2 aliphatic heterocycles. The average molecular weight is 501 g/mol. The molecule has 0 radical (unpaired) electrons. The molecule has 0 saturated carbocycles. The van der Waals surface area contributed by atoms with E-state index in [9.17, 15) is 4.79 Å². The minimum atomic E-state index is -0.774. The van der Waals surface area contributed by atoms with Gasteiger partial charge in [-0.25, -0.2) is 0 Å². The standard InChI is InChI=1S/C21H17BrN4O4S/c1-3-31-21-23-19-18(24-25-21)14-9-13(22)5-6-15(14)26(11(2)27)20(30-19)12-4-7-16-17(8-12)29-10-28-16/h4-9,20H,3,10H2,1-2H3/t20-/m1/s1. The van der Waals surface area contributed by atoms with E-state index in [0.29, 0.717) is 39.5 Å². The number of fused-ring (bicyclic) bond motifs is 4. The third-order valence-electron chi connectivity index (χ3n) is 4.86. The van der Waals surface area contributed by atoms with Crippen molar-refractivity contribution in [3.8, 4) is 28.6 Å². The summed E-state index contributed by atoms with van der Waals surface area (Å²) < 4.78 is 18.2. The summed E-state index contributed by atoms with van der Waals surface area (Å²) in [4.78, 5) is 19.0. The number of rotatable bonds is 3. The van der Waals surface area contributed by atoms with Gasteiger partial charge in [0.25, 0.3) is 0 Å². The first-order valence-corrected chi connectivity index (χ1v) is 11.4. The van der Waals surface area contributed by atoms with Crippen molar-refractivity contribution in [3.05, 3.63) is 46.4 Å². The molecule has 0 bridgehead atoms. The van der Waals surface area contributed by atoms with Gasteiger partial charge in [0.15, 0.2) is 17.2 Å². The smallest absolute Gasteiger partial charge is 0.247 e. The van der Waals surface area contributed by atoms with Crippen molar-refractivity contribution in [1.82, 2.24) is 15.2 Å². The number of nitrogens with zero attached hydrogens (tertiary/aromatic N) is 4. The first kappa shape index (κ1) is 20.1. The summed E-state index contributed by atoms with van der Waals surface area (Å²) in [5.41, 5.74) is 2.57. The summed E-state index contributed by atoms with van der Waals surface area (Å²) in [6.45, 7) is 3.68. The third-order valence-corrected chi connectivity index (χ3v) is 6.07. The van der Waals surface area contributed by atoms with Crippen LogP contribution in [0.4, 0.5) is 5.69 Å². The first-order chi connectivity index (χ1) is 15.0. The molecule has 0 fully saturated rings. The number of halogens is 1. The molecule has 8 nitrogen and oxygen atoms in total. The van der Waals surface area contributed by atoms with Gasteiger partial charge in [-0.2, -0.15) is 4.98 Å². The fourth-order valence-electron chi connectivity index (χ4n) is 3.55. The topological polar surface area (TPSA) is 86.7 Å². The Morgan fingerprint density at radius 1 is 1.19 bits per heavy atom. The van der Waals surface area contributed by atoms with Crippen LogP contribution in [0.3, 0.4) is 0 Å². The van der Waals surface area contributed by atoms with Crippen LogP contribution < -0.4 is 19.1 Å². The van der Waals surface area contributed by atoms with E-state index in [-0.39, 0.29) is 12.7 Å². The molecule has 0 spiro atoms. The Balaban J connectivity index is 1.72. The van der Waals surface area contributed by atoms with Crippen LogP contribution in [0, 0.1) is 0 Å². The Bertz CT molecular complexity index is 1190. The highest BCUT2D eigenvalue weighted by atomic mass is 79.9. The van der Waals surface area contributed by atoms with Gasteiger partial charge in [0.1, 0.15) is 0 Å². The molecule has 0 aliphatic carbocycles. The minimum absolute atomic E-state index is 0.162. The summed E-state index contributed by atoms with van der Waals surface area (Å²) in [6.07, 6.45) is -0.774. The molecule has 0 saturated heterocycles. The number of carbonyl (C=O) groups excluding carboxylic acids is 1. The van der Waals surface area contributed by atoms with Crippen molar-refractivity contribution >= 4 is 39.3 Å². The fourth-order valence-corrected chi connectivity index (χ4v) is 4.42. The van der Waals surface area contributed by atoms with Crippen molar-refractivity contribution in [2.75, 3.05) is 17.4 Å². The molecule has 1 aromatic heterocycles. The van der Waals surface area contributed by atoms with Crippen molar-refractivity contribution in [2.24, 2.45) is 0 Å². The lowest BCUT2D eigenvalue weighted by molar-refractivity contribution is -0.118. The Kier molecular flexibility index (Phi) is 5.19. The molecule has 2 aromatic carbocycles. The molecular weight excluding hydrogens is 484 g/mol. The lowest BCUT2D eigenvalue weighted by atomic mass is 10.1. The summed E-state index contributed by atoms with van der Waals surface area (Å²) in [5.74, 6) is 2.19. The molecular formula is C21H17BrN4O4S. The van der Waals surface area contributed by atoms with E-state index in [4.69, 9.17) is 14.2 Å². The first-order valence-electron chi connectivity index (χ1n) is 9.58. The molecule has 10 heteroatoms. The van der Waals surface area contributed by atoms with Crippen molar-refractivity contribution in [2.45, 2.75) is 25.2 Å². The summed E-state index contributed by atoms with van der Waals surface area (Å²) in [5, 5.41) is 9.14. The summed E-state index contributed by atoms with van der Waals surface area (Å²) in [7, 11) is 0. The van der Waals surface area contributed by atoms with E-state index in [1.54, 1.807) is 4.90 Å². The highest BCUT2D eigenvalue weighted by Crippen LogP contribution is 2.45. The molecule has 1 amide bonds. The SMILES string of the molecule is CCSc1nnc2c(n1)O[C@H](c1ccc3c(c1)OCO3)N(C(C)=O)c1ccc(Br)cc1-2. The van der Waals surface area contributed by atoms with Gasteiger partial charge in [0.05, 0.1) is 5.69 Å². The largest absolute Gasteiger partial charge is 0.454 e. The van der Waals surface area contributed by atoms with Crippen molar-refractivity contribution in [3.63, 3.8) is 0 Å². The van der Waals surface area contributed by atoms with Gasteiger partial charge in [-0.15, -0.1) is 10.2 Å². The molecule has 5 rings (SSSR count). The quantitative estimate of drug-likeness (QED) is 0.482. The number of anilines is 1. The average Bonchev–Trinajstić information content (AvgIpc) is 3.17. The van der Waals surface area contributed by atoms with Gasteiger partial charge in [0, 0.05) is 22.5 Å². The zero-order valence-corrected chi connectivity index (χ0v) is 19.1. The second kappa shape index (κ2) is 8.01. The molecule has 158 valence electrons. The van der Waals surface area contributed by atoms with Gasteiger partial charge in [-0.1, -0.05) is 34.6 Å². The van der Waals surface area contributed by atoms with Crippen LogP contribution in [0.2, 0.25) is 0 Å². The van der Waals surface area contributed by atoms with Gasteiger partial charge in [-0.3, -0.25) is 9.69 Å². The number of ether oxygens (including phenoxy) is 3. The van der Waals surface area contributed by atoms with E-state index in [2.05, 4.69) is 31.1 Å². The van der Waals surface area contributed by atoms with Gasteiger partial charge in [-0.05, 0) is 42.2 Å². The van der Waals surface area contributed by atoms with E-state index in [1.807, 2.05) is 43.3 Å². The highest BCUT2D eigenvalue weighted by molar-refractivity contribution is 9.10.